The molecule has 1 aliphatic rings. The first-order valence-corrected chi connectivity index (χ1v) is 5.83. The molecule has 4 heteroatoms. The van der Waals surface area contributed by atoms with Crippen molar-refractivity contribution in [2.24, 2.45) is 0 Å². The summed E-state index contributed by atoms with van der Waals surface area (Å²) in [5, 5.41) is 8.70. The molecule has 0 aromatic heterocycles. The Morgan fingerprint density at radius 1 is 1.53 bits per heavy atom. The van der Waals surface area contributed by atoms with E-state index in [0.29, 0.717) is 12.5 Å². The molecule has 0 bridgehead atoms. The molecule has 0 heterocycles. The maximum atomic E-state index is 8.70. The number of benzene rings is 1. The van der Waals surface area contributed by atoms with Crippen LogP contribution in [0.4, 0.5) is 11.4 Å². The Balaban J connectivity index is 2.24. The van der Waals surface area contributed by atoms with E-state index in [4.69, 9.17) is 15.7 Å². The number of anilines is 2. The van der Waals surface area contributed by atoms with Gasteiger partial charge in [-0.05, 0) is 25.0 Å². The van der Waals surface area contributed by atoms with Gasteiger partial charge in [0, 0.05) is 18.7 Å². The van der Waals surface area contributed by atoms with Crippen LogP contribution in [0, 0.1) is 11.3 Å². The first-order valence-electron chi connectivity index (χ1n) is 5.83. The Bertz CT molecular complexity index is 435. The summed E-state index contributed by atoms with van der Waals surface area (Å²) < 4.78 is 5.22. The van der Waals surface area contributed by atoms with Crippen molar-refractivity contribution in [2.45, 2.75) is 25.3 Å². The number of ether oxygens (including phenoxy) is 1. The van der Waals surface area contributed by atoms with Gasteiger partial charge in [0.05, 0.1) is 31.0 Å². The van der Waals surface area contributed by atoms with E-state index in [1.165, 1.54) is 12.8 Å². The SMILES string of the molecule is COc1ccc(N)c(N(CCC#N)C2CC2)c1. The highest BCUT2D eigenvalue weighted by Gasteiger charge is 2.30. The van der Waals surface area contributed by atoms with Gasteiger partial charge in [0.2, 0.25) is 0 Å². The Morgan fingerprint density at radius 3 is 2.88 bits per heavy atom. The Kier molecular flexibility index (Phi) is 3.38. The van der Waals surface area contributed by atoms with Gasteiger partial charge in [0.1, 0.15) is 5.75 Å². The second kappa shape index (κ2) is 4.96. The molecule has 0 aliphatic heterocycles. The summed E-state index contributed by atoms with van der Waals surface area (Å²) in [5.74, 6) is 0.803. The molecule has 1 saturated carbocycles. The molecule has 0 saturated heterocycles. The maximum absolute atomic E-state index is 8.70. The van der Waals surface area contributed by atoms with E-state index in [2.05, 4.69) is 11.0 Å². The molecule has 2 N–H and O–H groups in total. The topological polar surface area (TPSA) is 62.3 Å². The zero-order valence-corrected chi connectivity index (χ0v) is 10.0. The molecule has 1 aromatic rings. The third-order valence-electron chi connectivity index (χ3n) is 3.00. The van der Waals surface area contributed by atoms with Crippen LogP contribution in [-0.4, -0.2) is 19.7 Å². The molecular weight excluding hydrogens is 214 g/mol. The first kappa shape index (κ1) is 11.6. The van der Waals surface area contributed by atoms with Crippen molar-refractivity contribution in [3.63, 3.8) is 0 Å². The maximum Gasteiger partial charge on any atom is 0.121 e. The van der Waals surface area contributed by atoms with E-state index in [1.54, 1.807) is 7.11 Å². The third kappa shape index (κ3) is 2.62. The van der Waals surface area contributed by atoms with Crippen LogP contribution in [0.25, 0.3) is 0 Å². The highest BCUT2D eigenvalue weighted by Crippen LogP contribution is 2.36. The standard InChI is InChI=1S/C13H17N3O/c1-17-11-5-6-12(15)13(9-11)16(8-2-7-14)10-3-4-10/h5-6,9-10H,2-4,8,15H2,1H3. The van der Waals surface area contributed by atoms with Crippen molar-refractivity contribution in [1.82, 2.24) is 0 Å². The van der Waals surface area contributed by atoms with Gasteiger partial charge in [-0.1, -0.05) is 0 Å². The fourth-order valence-electron chi connectivity index (χ4n) is 1.96. The molecule has 0 amide bonds. The number of nitrogens with two attached hydrogens (primary N) is 1. The van der Waals surface area contributed by atoms with Crippen LogP contribution in [0.3, 0.4) is 0 Å². The molecule has 0 spiro atoms. The Labute approximate surface area is 102 Å². The van der Waals surface area contributed by atoms with E-state index in [9.17, 15) is 0 Å². The van der Waals surface area contributed by atoms with Crippen molar-refractivity contribution >= 4 is 11.4 Å². The summed E-state index contributed by atoms with van der Waals surface area (Å²) in [6.07, 6.45) is 2.89. The van der Waals surface area contributed by atoms with Crippen LogP contribution in [0.1, 0.15) is 19.3 Å². The van der Waals surface area contributed by atoms with Crippen molar-refractivity contribution < 1.29 is 4.74 Å². The fraction of sp³-hybridized carbons (Fsp3) is 0.462. The lowest BCUT2D eigenvalue weighted by Gasteiger charge is -2.25. The van der Waals surface area contributed by atoms with Crippen LogP contribution in [0.2, 0.25) is 0 Å². The molecule has 1 aliphatic carbocycles. The minimum absolute atomic E-state index is 0.521. The van der Waals surface area contributed by atoms with E-state index in [0.717, 1.165) is 23.7 Å². The van der Waals surface area contributed by atoms with Crippen molar-refractivity contribution in [1.29, 1.82) is 5.26 Å². The summed E-state index contributed by atoms with van der Waals surface area (Å²) in [5.41, 5.74) is 7.74. The quantitative estimate of drug-likeness (QED) is 0.789. The summed E-state index contributed by atoms with van der Waals surface area (Å²) in [4.78, 5) is 2.22. The molecule has 90 valence electrons. The van der Waals surface area contributed by atoms with Crippen molar-refractivity contribution in [3.8, 4) is 11.8 Å². The van der Waals surface area contributed by atoms with Crippen LogP contribution in [-0.2, 0) is 0 Å². The van der Waals surface area contributed by atoms with Crippen LogP contribution in [0.5, 0.6) is 5.75 Å². The molecule has 0 radical (unpaired) electrons. The van der Waals surface area contributed by atoms with Gasteiger partial charge in [-0.3, -0.25) is 0 Å². The highest BCUT2D eigenvalue weighted by molar-refractivity contribution is 5.70. The molecule has 2 rings (SSSR count). The van der Waals surface area contributed by atoms with Crippen LogP contribution < -0.4 is 15.4 Å². The monoisotopic (exact) mass is 231 g/mol. The van der Waals surface area contributed by atoms with Crippen molar-refractivity contribution in [2.75, 3.05) is 24.3 Å². The van der Waals surface area contributed by atoms with Crippen molar-refractivity contribution in [3.05, 3.63) is 18.2 Å². The molecule has 0 unspecified atom stereocenters. The van der Waals surface area contributed by atoms with Gasteiger partial charge < -0.3 is 15.4 Å². The van der Waals surface area contributed by atoms with Gasteiger partial charge in [-0.15, -0.1) is 0 Å². The summed E-state index contributed by atoms with van der Waals surface area (Å²) in [7, 11) is 1.64. The van der Waals surface area contributed by atoms with Gasteiger partial charge in [-0.2, -0.15) is 5.26 Å². The zero-order chi connectivity index (χ0) is 12.3. The lowest BCUT2D eigenvalue weighted by atomic mass is 10.2. The van der Waals surface area contributed by atoms with Crippen LogP contribution >= 0.6 is 0 Å². The number of methoxy groups -OCH3 is 1. The summed E-state index contributed by atoms with van der Waals surface area (Å²) in [6.45, 7) is 0.735. The minimum atomic E-state index is 0.521. The number of hydrogen-bond donors (Lipinski definition) is 1. The molecule has 0 atom stereocenters. The van der Waals surface area contributed by atoms with Gasteiger partial charge in [0.25, 0.3) is 0 Å². The van der Waals surface area contributed by atoms with Crippen LogP contribution in [0.15, 0.2) is 18.2 Å². The predicted molar refractivity (Wildman–Crippen MR) is 68.0 cm³/mol. The number of rotatable bonds is 5. The third-order valence-corrected chi connectivity index (χ3v) is 3.00. The van der Waals surface area contributed by atoms with Gasteiger partial charge in [-0.25, -0.2) is 0 Å². The Hall–Kier alpha value is -1.89. The van der Waals surface area contributed by atoms with Gasteiger partial charge in [0.15, 0.2) is 0 Å². The predicted octanol–water partition coefficient (Wildman–Crippen LogP) is 2.16. The summed E-state index contributed by atoms with van der Waals surface area (Å²) >= 11 is 0. The highest BCUT2D eigenvalue weighted by atomic mass is 16.5. The normalized spacial score (nSPS) is 14.1. The average molecular weight is 231 g/mol. The lowest BCUT2D eigenvalue weighted by Crippen LogP contribution is -2.27. The number of nitrogen functional groups attached to an aromatic ring is 1. The summed E-state index contributed by atoms with van der Waals surface area (Å²) in [6, 6.07) is 8.39. The molecule has 17 heavy (non-hydrogen) atoms. The zero-order valence-electron chi connectivity index (χ0n) is 10.0. The Morgan fingerprint density at radius 2 is 2.29 bits per heavy atom. The first-order chi connectivity index (χ1) is 8.26. The number of hydrogen-bond acceptors (Lipinski definition) is 4. The van der Waals surface area contributed by atoms with E-state index >= 15 is 0 Å². The molecule has 4 nitrogen and oxygen atoms in total. The van der Waals surface area contributed by atoms with E-state index < -0.39 is 0 Å². The molecule has 1 fully saturated rings. The smallest absolute Gasteiger partial charge is 0.121 e. The second-order valence-electron chi connectivity index (χ2n) is 4.26. The largest absolute Gasteiger partial charge is 0.497 e. The van der Waals surface area contributed by atoms with E-state index in [-0.39, 0.29) is 0 Å². The lowest BCUT2D eigenvalue weighted by molar-refractivity contribution is 0.415. The number of nitrogens with zero attached hydrogens (tertiary/aromatic N) is 2. The number of nitriles is 1. The second-order valence-corrected chi connectivity index (χ2v) is 4.26. The molecular formula is C13H17N3O. The molecule has 1 aromatic carbocycles. The minimum Gasteiger partial charge on any atom is -0.497 e. The average Bonchev–Trinajstić information content (AvgIpc) is 3.16. The van der Waals surface area contributed by atoms with Gasteiger partial charge >= 0.3 is 0 Å². The fourth-order valence-corrected chi connectivity index (χ4v) is 1.96. The van der Waals surface area contributed by atoms with E-state index in [1.807, 2.05) is 18.2 Å².